The third kappa shape index (κ3) is 2.80. The normalized spacial score (nSPS) is 32.1. The molecule has 2 amide bonds. The van der Waals surface area contributed by atoms with Gasteiger partial charge in [0.25, 0.3) is 0 Å². The number of aliphatic hydroxyl groups excluding tert-OH is 1. The van der Waals surface area contributed by atoms with Crippen LogP contribution in [-0.2, 0) is 9.59 Å². The predicted molar refractivity (Wildman–Crippen MR) is 82.7 cm³/mol. The zero-order valence-electron chi connectivity index (χ0n) is 12.1. The Morgan fingerprint density at radius 1 is 1.70 bits per heavy atom. The molecule has 0 radical (unpaired) electrons. The van der Waals surface area contributed by atoms with Gasteiger partial charge in [0.2, 0.25) is 11.8 Å². The van der Waals surface area contributed by atoms with Gasteiger partial charge in [0.1, 0.15) is 6.04 Å². The van der Waals surface area contributed by atoms with E-state index < -0.39 is 0 Å². The zero-order chi connectivity index (χ0) is 14.9. The quantitative estimate of drug-likeness (QED) is 0.780. The van der Waals surface area contributed by atoms with Crippen molar-refractivity contribution in [1.29, 1.82) is 0 Å². The molecule has 4 unspecified atom stereocenters. The smallest absolute Gasteiger partial charge is 0.243 e. The van der Waals surface area contributed by atoms with Gasteiger partial charge in [-0.2, -0.15) is 11.8 Å². The topological polar surface area (TPSA) is 69.6 Å². The van der Waals surface area contributed by atoms with Crippen LogP contribution in [0.3, 0.4) is 0 Å². The molecule has 0 aromatic carbocycles. The fourth-order valence-electron chi connectivity index (χ4n) is 2.86. The summed E-state index contributed by atoms with van der Waals surface area (Å²) in [6.07, 6.45) is 3.27. The minimum absolute atomic E-state index is 0.0198. The van der Waals surface area contributed by atoms with E-state index in [4.69, 9.17) is 0 Å². The standard InChI is InChI=1S/C13H22N2O3S2/c1-8(10(6-16)19-3)14-12(18)9-7-20-13(2)5-4-11(17)15(9)13/h8-10,16H,4-7H2,1-3H3,(H,14,18). The average molecular weight is 318 g/mol. The summed E-state index contributed by atoms with van der Waals surface area (Å²) in [6.45, 7) is 3.96. The summed E-state index contributed by atoms with van der Waals surface area (Å²) < 4.78 is 0. The second-order valence-corrected chi connectivity index (χ2v) is 8.10. The van der Waals surface area contributed by atoms with Gasteiger partial charge in [-0.15, -0.1) is 11.8 Å². The highest BCUT2D eigenvalue weighted by Crippen LogP contribution is 2.47. The molecule has 2 heterocycles. The molecule has 7 heteroatoms. The van der Waals surface area contributed by atoms with E-state index in [1.54, 1.807) is 16.7 Å². The first-order valence-corrected chi connectivity index (χ1v) is 9.10. The van der Waals surface area contributed by atoms with Gasteiger partial charge in [-0.3, -0.25) is 9.59 Å². The second kappa shape index (κ2) is 6.15. The van der Waals surface area contributed by atoms with Crippen molar-refractivity contribution in [2.75, 3.05) is 18.6 Å². The Hall–Kier alpha value is -0.400. The van der Waals surface area contributed by atoms with Crippen LogP contribution in [0.5, 0.6) is 0 Å². The molecule has 2 saturated heterocycles. The number of amides is 2. The number of rotatable bonds is 5. The molecular weight excluding hydrogens is 296 g/mol. The number of nitrogens with zero attached hydrogens (tertiary/aromatic N) is 1. The molecule has 2 aliphatic heterocycles. The van der Waals surface area contributed by atoms with Gasteiger partial charge in [-0.25, -0.2) is 0 Å². The highest BCUT2D eigenvalue weighted by Gasteiger charge is 2.53. The summed E-state index contributed by atoms with van der Waals surface area (Å²) in [5.41, 5.74) is 0. The van der Waals surface area contributed by atoms with E-state index in [0.717, 1.165) is 6.42 Å². The number of nitrogens with one attached hydrogen (secondary N) is 1. The SMILES string of the molecule is CSC(CO)C(C)NC(=O)C1CSC2(C)CCC(=O)N12. The molecule has 0 spiro atoms. The van der Waals surface area contributed by atoms with Gasteiger partial charge < -0.3 is 15.3 Å². The Kier molecular flexibility index (Phi) is 4.92. The van der Waals surface area contributed by atoms with E-state index in [1.165, 1.54) is 11.8 Å². The fourth-order valence-corrected chi connectivity index (χ4v) is 4.92. The van der Waals surface area contributed by atoms with Crippen molar-refractivity contribution in [1.82, 2.24) is 10.2 Å². The van der Waals surface area contributed by atoms with E-state index in [9.17, 15) is 14.7 Å². The van der Waals surface area contributed by atoms with Crippen LogP contribution in [0.25, 0.3) is 0 Å². The lowest BCUT2D eigenvalue weighted by Crippen LogP contribution is -2.53. The van der Waals surface area contributed by atoms with Gasteiger partial charge in [-0.1, -0.05) is 0 Å². The number of thioether (sulfide) groups is 2. The predicted octanol–water partition coefficient (Wildman–Crippen LogP) is 0.669. The minimum Gasteiger partial charge on any atom is -0.395 e. The fraction of sp³-hybridized carbons (Fsp3) is 0.846. The summed E-state index contributed by atoms with van der Waals surface area (Å²) in [4.78, 5) is 26.0. The molecule has 5 nitrogen and oxygen atoms in total. The first-order valence-electron chi connectivity index (χ1n) is 6.83. The number of fused-ring (bicyclic) bond motifs is 1. The van der Waals surface area contributed by atoms with Crippen LogP contribution in [0.1, 0.15) is 26.7 Å². The van der Waals surface area contributed by atoms with Crippen molar-refractivity contribution in [3.8, 4) is 0 Å². The van der Waals surface area contributed by atoms with E-state index in [1.807, 2.05) is 20.1 Å². The van der Waals surface area contributed by atoms with E-state index in [2.05, 4.69) is 5.32 Å². The third-order valence-corrected chi connectivity index (χ3v) is 6.83. The van der Waals surface area contributed by atoms with E-state index in [-0.39, 0.29) is 40.6 Å². The van der Waals surface area contributed by atoms with E-state index >= 15 is 0 Å². The van der Waals surface area contributed by atoms with Crippen LogP contribution in [0.15, 0.2) is 0 Å². The average Bonchev–Trinajstić information content (AvgIpc) is 2.88. The lowest BCUT2D eigenvalue weighted by atomic mass is 10.2. The number of carbonyl (C=O) groups is 2. The molecule has 2 fully saturated rings. The molecule has 2 rings (SSSR count). The summed E-state index contributed by atoms with van der Waals surface area (Å²) in [5, 5.41) is 12.2. The molecule has 4 atom stereocenters. The van der Waals surface area contributed by atoms with Crippen molar-refractivity contribution in [3.63, 3.8) is 0 Å². The first kappa shape index (κ1) is 16.0. The highest BCUT2D eigenvalue weighted by molar-refractivity contribution is 8.01. The van der Waals surface area contributed by atoms with Crippen LogP contribution in [-0.4, -0.2) is 62.6 Å². The molecule has 20 heavy (non-hydrogen) atoms. The Morgan fingerprint density at radius 2 is 2.40 bits per heavy atom. The molecule has 0 bridgehead atoms. The Balaban J connectivity index is 2.01. The van der Waals surface area contributed by atoms with Crippen molar-refractivity contribution < 1.29 is 14.7 Å². The number of hydrogen-bond acceptors (Lipinski definition) is 5. The first-order chi connectivity index (χ1) is 9.42. The zero-order valence-corrected chi connectivity index (χ0v) is 13.7. The maximum atomic E-state index is 12.4. The Labute approximate surface area is 128 Å². The van der Waals surface area contributed by atoms with Crippen molar-refractivity contribution in [2.45, 2.75) is 48.9 Å². The van der Waals surface area contributed by atoms with Gasteiger partial charge in [0, 0.05) is 23.5 Å². The van der Waals surface area contributed by atoms with Crippen molar-refractivity contribution in [3.05, 3.63) is 0 Å². The van der Waals surface area contributed by atoms with Crippen LogP contribution in [0, 0.1) is 0 Å². The second-order valence-electron chi connectivity index (χ2n) is 5.52. The molecule has 0 aromatic heterocycles. The van der Waals surface area contributed by atoms with E-state index in [0.29, 0.717) is 12.2 Å². The Bertz CT molecular complexity index is 403. The monoisotopic (exact) mass is 318 g/mol. The lowest BCUT2D eigenvalue weighted by molar-refractivity contribution is -0.138. The number of hydrogen-bond donors (Lipinski definition) is 2. The minimum atomic E-state index is -0.372. The lowest BCUT2D eigenvalue weighted by Gasteiger charge is -2.31. The van der Waals surface area contributed by atoms with Crippen LogP contribution < -0.4 is 5.32 Å². The molecule has 0 aromatic rings. The largest absolute Gasteiger partial charge is 0.395 e. The summed E-state index contributed by atoms with van der Waals surface area (Å²) in [6, 6.07) is -0.485. The summed E-state index contributed by atoms with van der Waals surface area (Å²) in [5.74, 6) is 0.634. The molecule has 0 aliphatic carbocycles. The number of aliphatic hydroxyl groups is 1. The van der Waals surface area contributed by atoms with Gasteiger partial charge in [0.15, 0.2) is 0 Å². The molecule has 114 valence electrons. The summed E-state index contributed by atoms with van der Waals surface area (Å²) in [7, 11) is 0. The number of carbonyl (C=O) groups excluding carboxylic acids is 2. The van der Waals surface area contributed by atoms with Gasteiger partial charge in [-0.05, 0) is 26.5 Å². The third-order valence-electron chi connectivity index (χ3n) is 4.16. The molecule has 0 saturated carbocycles. The highest BCUT2D eigenvalue weighted by atomic mass is 32.2. The van der Waals surface area contributed by atoms with Crippen molar-refractivity contribution in [2.24, 2.45) is 0 Å². The molecule has 2 aliphatic rings. The van der Waals surface area contributed by atoms with Crippen molar-refractivity contribution >= 4 is 35.3 Å². The van der Waals surface area contributed by atoms with Crippen LogP contribution in [0.2, 0.25) is 0 Å². The van der Waals surface area contributed by atoms with Crippen LogP contribution in [0.4, 0.5) is 0 Å². The molecular formula is C13H22N2O3S2. The van der Waals surface area contributed by atoms with Crippen LogP contribution >= 0.6 is 23.5 Å². The van der Waals surface area contributed by atoms with Gasteiger partial charge >= 0.3 is 0 Å². The molecule has 2 N–H and O–H groups in total. The van der Waals surface area contributed by atoms with Gasteiger partial charge in [0.05, 0.1) is 11.5 Å². The maximum absolute atomic E-state index is 12.4. The Morgan fingerprint density at radius 3 is 3.00 bits per heavy atom. The maximum Gasteiger partial charge on any atom is 0.243 e. The summed E-state index contributed by atoms with van der Waals surface area (Å²) >= 11 is 3.22.